The molecule has 2 aromatic rings. The Bertz CT molecular complexity index is 778. The van der Waals surface area contributed by atoms with Crippen LogP contribution < -0.4 is 9.47 Å². The number of halogens is 1. The Kier molecular flexibility index (Phi) is 4.24. The Morgan fingerprint density at radius 1 is 1.29 bits per heavy atom. The van der Waals surface area contributed by atoms with Crippen LogP contribution in [0.2, 0.25) is 0 Å². The summed E-state index contributed by atoms with van der Waals surface area (Å²) >= 11 is 5.15. The lowest BCUT2D eigenvalue weighted by Crippen LogP contribution is -2.38. The van der Waals surface area contributed by atoms with E-state index in [1.165, 1.54) is 0 Å². The molecule has 2 unspecified atom stereocenters. The van der Waals surface area contributed by atoms with E-state index in [9.17, 15) is 9.90 Å². The van der Waals surface area contributed by atoms with Gasteiger partial charge in [0.25, 0.3) is 0 Å². The Morgan fingerprint density at radius 3 is 2.88 bits per heavy atom. The molecule has 1 aromatic heterocycles. The van der Waals surface area contributed by atoms with Crippen LogP contribution in [-0.2, 0) is 4.79 Å². The van der Waals surface area contributed by atoms with Crippen molar-refractivity contribution >= 4 is 33.2 Å². The smallest absolute Gasteiger partial charge is 0.320 e. The van der Waals surface area contributed by atoms with Gasteiger partial charge in [0.1, 0.15) is 6.04 Å². The third-order valence-corrected chi connectivity index (χ3v) is 6.16. The molecular weight excluding hydrogens is 394 g/mol. The zero-order valence-electron chi connectivity index (χ0n) is 12.8. The molecule has 24 heavy (non-hydrogen) atoms. The lowest BCUT2D eigenvalue weighted by atomic mass is 10.0. The molecule has 1 saturated heterocycles. The number of carboxylic acids is 1. The standard InChI is InChI=1S/C17H16BrNO4S/c18-15-6-5-14(24-15)16(19-7-1-2-11(19)17(20)21)10-3-4-12-13(8-10)23-9-22-12/h3-6,8,11,16H,1-2,7,9H2,(H,20,21). The first-order chi connectivity index (χ1) is 11.6. The van der Waals surface area contributed by atoms with Gasteiger partial charge in [0.05, 0.1) is 9.83 Å². The Balaban J connectivity index is 1.77. The van der Waals surface area contributed by atoms with Gasteiger partial charge in [-0.25, -0.2) is 0 Å². The number of ether oxygens (including phenoxy) is 2. The molecule has 1 N–H and O–H groups in total. The fourth-order valence-electron chi connectivity index (χ4n) is 3.44. The molecule has 0 spiro atoms. The monoisotopic (exact) mass is 409 g/mol. The molecule has 1 fully saturated rings. The summed E-state index contributed by atoms with van der Waals surface area (Å²) in [6.07, 6.45) is 1.58. The number of carboxylic acid groups (broad SMARTS) is 1. The molecule has 0 aliphatic carbocycles. The summed E-state index contributed by atoms with van der Waals surface area (Å²) in [6, 6.07) is 9.38. The number of fused-ring (bicyclic) bond motifs is 1. The van der Waals surface area contributed by atoms with E-state index in [4.69, 9.17) is 9.47 Å². The van der Waals surface area contributed by atoms with Crippen molar-refractivity contribution in [2.24, 2.45) is 0 Å². The maximum atomic E-state index is 11.7. The minimum atomic E-state index is -0.756. The SMILES string of the molecule is O=C(O)C1CCCN1C(c1ccc2c(c1)OCO2)c1ccc(Br)s1. The number of rotatable bonds is 4. The average molecular weight is 410 g/mol. The van der Waals surface area contributed by atoms with Crippen LogP contribution in [0.5, 0.6) is 11.5 Å². The predicted molar refractivity (Wildman–Crippen MR) is 93.8 cm³/mol. The molecule has 0 bridgehead atoms. The summed E-state index contributed by atoms with van der Waals surface area (Å²) in [5.74, 6) is 0.703. The highest BCUT2D eigenvalue weighted by atomic mass is 79.9. The van der Waals surface area contributed by atoms with E-state index in [-0.39, 0.29) is 12.8 Å². The van der Waals surface area contributed by atoms with Gasteiger partial charge in [-0.1, -0.05) is 6.07 Å². The van der Waals surface area contributed by atoms with Gasteiger partial charge in [0.2, 0.25) is 6.79 Å². The lowest BCUT2D eigenvalue weighted by molar-refractivity contribution is -0.142. The van der Waals surface area contributed by atoms with Crippen LogP contribution >= 0.6 is 27.3 Å². The fourth-order valence-corrected chi connectivity index (χ4v) is 5.01. The second-order valence-corrected chi connectivity index (χ2v) is 8.39. The van der Waals surface area contributed by atoms with Crippen LogP contribution in [0.3, 0.4) is 0 Å². The van der Waals surface area contributed by atoms with E-state index in [2.05, 4.69) is 26.9 Å². The number of likely N-dealkylation sites (tertiary alicyclic amines) is 1. The fraction of sp³-hybridized carbons (Fsp3) is 0.353. The van der Waals surface area contributed by atoms with Crippen molar-refractivity contribution < 1.29 is 19.4 Å². The maximum absolute atomic E-state index is 11.7. The highest BCUT2D eigenvalue weighted by Crippen LogP contribution is 2.42. The molecule has 3 heterocycles. The highest BCUT2D eigenvalue weighted by Gasteiger charge is 2.37. The van der Waals surface area contributed by atoms with Gasteiger partial charge in [0, 0.05) is 11.4 Å². The van der Waals surface area contributed by atoms with Crippen LogP contribution in [0, 0.1) is 0 Å². The van der Waals surface area contributed by atoms with E-state index >= 15 is 0 Å². The van der Waals surface area contributed by atoms with Crippen molar-refractivity contribution in [3.05, 3.63) is 44.6 Å². The van der Waals surface area contributed by atoms with E-state index < -0.39 is 12.0 Å². The van der Waals surface area contributed by atoms with Crippen molar-refractivity contribution in [1.82, 2.24) is 4.90 Å². The highest BCUT2D eigenvalue weighted by molar-refractivity contribution is 9.11. The second kappa shape index (κ2) is 6.38. The van der Waals surface area contributed by atoms with E-state index in [1.54, 1.807) is 11.3 Å². The van der Waals surface area contributed by atoms with Gasteiger partial charge in [-0.2, -0.15) is 0 Å². The quantitative estimate of drug-likeness (QED) is 0.829. The minimum Gasteiger partial charge on any atom is -0.480 e. The molecule has 0 amide bonds. The van der Waals surface area contributed by atoms with Crippen molar-refractivity contribution in [3.63, 3.8) is 0 Å². The van der Waals surface area contributed by atoms with E-state index in [1.807, 2.05) is 24.3 Å². The lowest BCUT2D eigenvalue weighted by Gasteiger charge is -2.31. The van der Waals surface area contributed by atoms with Crippen LogP contribution in [0.4, 0.5) is 0 Å². The van der Waals surface area contributed by atoms with Crippen LogP contribution in [0.1, 0.15) is 29.3 Å². The molecule has 2 aliphatic heterocycles. The normalized spacial score (nSPS) is 21.1. The largest absolute Gasteiger partial charge is 0.480 e. The number of aliphatic carboxylic acids is 1. The summed E-state index contributed by atoms with van der Waals surface area (Å²) in [5.41, 5.74) is 1.03. The van der Waals surface area contributed by atoms with Crippen molar-refractivity contribution in [2.75, 3.05) is 13.3 Å². The summed E-state index contributed by atoms with van der Waals surface area (Å²) in [7, 11) is 0. The third-order valence-electron chi connectivity index (χ3n) is 4.49. The van der Waals surface area contributed by atoms with Gasteiger partial charge in [-0.15, -0.1) is 11.3 Å². The molecule has 0 radical (unpaired) electrons. The molecular formula is C17H16BrNO4S. The molecule has 7 heteroatoms. The maximum Gasteiger partial charge on any atom is 0.320 e. The van der Waals surface area contributed by atoms with Crippen molar-refractivity contribution in [2.45, 2.75) is 24.9 Å². The van der Waals surface area contributed by atoms with Crippen LogP contribution in [-0.4, -0.2) is 35.4 Å². The van der Waals surface area contributed by atoms with Gasteiger partial charge in [0.15, 0.2) is 11.5 Å². The summed E-state index contributed by atoms with van der Waals surface area (Å²) in [5, 5.41) is 9.59. The number of carbonyl (C=O) groups is 1. The summed E-state index contributed by atoms with van der Waals surface area (Å²) in [4.78, 5) is 14.9. The Hall–Kier alpha value is -1.57. The predicted octanol–water partition coefficient (Wildman–Crippen LogP) is 3.88. The zero-order valence-corrected chi connectivity index (χ0v) is 15.2. The van der Waals surface area contributed by atoms with Gasteiger partial charge >= 0.3 is 5.97 Å². The van der Waals surface area contributed by atoms with E-state index in [0.29, 0.717) is 6.42 Å². The average Bonchev–Trinajstić information content (AvgIpc) is 3.28. The number of benzene rings is 1. The molecule has 5 nitrogen and oxygen atoms in total. The first-order valence-electron chi connectivity index (χ1n) is 7.77. The van der Waals surface area contributed by atoms with Gasteiger partial charge in [-0.05, 0) is 58.6 Å². The first kappa shape index (κ1) is 15.9. The number of hydrogen-bond donors (Lipinski definition) is 1. The minimum absolute atomic E-state index is 0.0978. The number of thiophene rings is 1. The molecule has 2 aliphatic rings. The summed E-state index contributed by atoms with van der Waals surface area (Å²) in [6.45, 7) is 1.00. The Morgan fingerprint density at radius 2 is 2.12 bits per heavy atom. The molecule has 126 valence electrons. The topological polar surface area (TPSA) is 59.0 Å². The van der Waals surface area contributed by atoms with Crippen LogP contribution in [0.15, 0.2) is 34.1 Å². The zero-order chi connectivity index (χ0) is 16.7. The number of nitrogens with zero attached hydrogens (tertiary/aromatic N) is 1. The third kappa shape index (κ3) is 2.81. The van der Waals surface area contributed by atoms with Crippen LogP contribution in [0.25, 0.3) is 0 Å². The first-order valence-corrected chi connectivity index (χ1v) is 9.38. The summed E-state index contributed by atoms with van der Waals surface area (Å²) < 4.78 is 11.9. The second-order valence-electron chi connectivity index (χ2n) is 5.89. The Labute approximate surface area is 151 Å². The molecule has 2 atom stereocenters. The van der Waals surface area contributed by atoms with Crippen molar-refractivity contribution in [1.29, 1.82) is 0 Å². The molecule has 4 rings (SSSR count). The van der Waals surface area contributed by atoms with Gasteiger partial charge in [-0.3, -0.25) is 9.69 Å². The van der Waals surface area contributed by atoms with Crippen molar-refractivity contribution in [3.8, 4) is 11.5 Å². The van der Waals surface area contributed by atoms with Gasteiger partial charge < -0.3 is 14.6 Å². The van der Waals surface area contributed by atoms with E-state index in [0.717, 1.165) is 38.7 Å². The molecule has 0 saturated carbocycles. The molecule has 1 aromatic carbocycles. The number of hydrogen-bond acceptors (Lipinski definition) is 5.